The average Bonchev–Trinajstić information content (AvgIpc) is 2.30. The molecule has 13 heavy (non-hydrogen) atoms. The number of hydrogen-bond acceptors (Lipinski definition) is 2. The smallest absolute Gasteiger partial charge is 0.130 e. The molecule has 0 spiro atoms. The number of nitrogens with zero attached hydrogens (tertiary/aromatic N) is 1. The van der Waals surface area contributed by atoms with Gasteiger partial charge in [-0.2, -0.15) is 0 Å². The van der Waals surface area contributed by atoms with Crippen LogP contribution in [0.25, 0.3) is 6.08 Å². The molecule has 0 aliphatic heterocycles. The van der Waals surface area contributed by atoms with Crippen LogP contribution in [0.3, 0.4) is 0 Å². The van der Waals surface area contributed by atoms with Crippen LogP contribution in [-0.2, 0) is 6.42 Å². The molecule has 0 atom stereocenters. The number of pyridine rings is 1. The minimum absolute atomic E-state index is 0.622. The molecule has 1 heterocycles. The van der Waals surface area contributed by atoms with E-state index in [9.17, 15) is 0 Å². The Morgan fingerprint density at radius 1 is 1.38 bits per heavy atom. The minimum Gasteiger partial charge on any atom is -0.383 e. The first kappa shape index (κ1) is 8.05. The van der Waals surface area contributed by atoms with Crippen LogP contribution in [0.1, 0.15) is 18.1 Å². The molecule has 1 aliphatic carbocycles. The molecule has 0 saturated carbocycles. The summed E-state index contributed by atoms with van der Waals surface area (Å²) in [4.78, 5) is 4.06. The summed E-state index contributed by atoms with van der Waals surface area (Å²) in [5.41, 5.74) is 9.36. The van der Waals surface area contributed by atoms with Gasteiger partial charge in [-0.3, -0.25) is 0 Å². The van der Waals surface area contributed by atoms with Gasteiger partial charge in [0.2, 0.25) is 0 Å². The van der Waals surface area contributed by atoms with Crippen molar-refractivity contribution in [3.63, 3.8) is 0 Å². The second-order valence-electron chi connectivity index (χ2n) is 3.25. The molecule has 0 bridgehead atoms. The lowest BCUT2D eigenvalue weighted by Crippen LogP contribution is -1.97. The van der Waals surface area contributed by atoms with Crippen LogP contribution < -0.4 is 5.73 Å². The molecule has 66 valence electrons. The van der Waals surface area contributed by atoms with E-state index in [2.05, 4.69) is 24.1 Å². The molecule has 0 unspecified atom stereocenters. The van der Waals surface area contributed by atoms with E-state index in [1.54, 1.807) is 6.20 Å². The highest BCUT2D eigenvalue weighted by Gasteiger charge is 2.05. The quantitative estimate of drug-likeness (QED) is 0.651. The number of rotatable bonds is 0. The maximum Gasteiger partial charge on any atom is 0.130 e. The summed E-state index contributed by atoms with van der Waals surface area (Å²) < 4.78 is 0. The highest BCUT2D eigenvalue weighted by Crippen LogP contribution is 2.21. The van der Waals surface area contributed by atoms with Crippen molar-refractivity contribution in [1.29, 1.82) is 0 Å². The van der Waals surface area contributed by atoms with Crippen LogP contribution in [0.15, 0.2) is 30.0 Å². The first-order valence-corrected chi connectivity index (χ1v) is 4.35. The molecule has 0 radical (unpaired) electrons. The van der Waals surface area contributed by atoms with Gasteiger partial charge in [0.15, 0.2) is 0 Å². The zero-order valence-electron chi connectivity index (χ0n) is 7.62. The summed E-state index contributed by atoms with van der Waals surface area (Å²) in [5.74, 6) is 0.622. The van der Waals surface area contributed by atoms with E-state index < -0.39 is 0 Å². The van der Waals surface area contributed by atoms with Crippen LogP contribution in [-0.4, -0.2) is 4.98 Å². The molecule has 1 aliphatic rings. The molecule has 2 rings (SSSR count). The van der Waals surface area contributed by atoms with Gasteiger partial charge in [0.1, 0.15) is 5.82 Å². The van der Waals surface area contributed by atoms with Gasteiger partial charge < -0.3 is 5.73 Å². The van der Waals surface area contributed by atoms with Crippen molar-refractivity contribution >= 4 is 11.9 Å². The highest BCUT2D eigenvalue weighted by atomic mass is 14.8. The van der Waals surface area contributed by atoms with Crippen molar-refractivity contribution < 1.29 is 0 Å². The third-order valence-electron chi connectivity index (χ3n) is 2.27. The van der Waals surface area contributed by atoms with Gasteiger partial charge in [-0.05, 0) is 25.0 Å². The zero-order valence-corrected chi connectivity index (χ0v) is 7.62. The molecular weight excluding hydrogens is 160 g/mol. The van der Waals surface area contributed by atoms with Gasteiger partial charge in [-0.15, -0.1) is 0 Å². The fourth-order valence-corrected chi connectivity index (χ4v) is 1.46. The van der Waals surface area contributed by atoms with Crippen molar-refractivity contribution in [2.75, 3.05) is 5.73 Å². The Hall–Kier alpha value is -1.57. The second kappa shape index (κ2) is 3.05. The lowest BCUT2D eigenvalue weighted by atomic mass is 10.1. The summed E-state index contributed by atoms with van der Waals surface area (Å²) in [7, 11) is 0. The molecule has 0 aromatic carbocycles. The van der Waals surface area contributed by atoms with E-state index in [1.807, 2.05) is 12.1 Å². The molecule has 2 N–H and O–H groups in total. The fraction of sp³-hybridized carbons (Fsp3) is 0.182. The van der Waals surface area contributed by atoms with Gasteiger partial charge in [0, 0.05) is 11.8 Å². The van der Waals surface area contributed by atoms with Gasteiger partial charge in [-0.1, -0.05) is 23.8 Å². The van der Waals surface area contributed by atoms with Crippen LogP contribution >= 0.6 is 0 Å². The van der Waals surface area contributed by atoms with E-state index in [-0.39, 0.29) is 0 Å². The van der Waals surface area contributed by atoms with E-state index in [0.717, 1.165) is 12.0 Å². The predicted octanol–water partition coefficient (Wildman–Crippen LogP) is 2.18. The number of nitrogen functional groups attached to an aromatic ring is 1. The monoisotopic (exact) mass is 172 g/mol. The van der Waals surface area contributed by atoms with Crippen LogP contribution in [0.4, 0.5) is 5.82 Å². The van der Waals surface area contributed by atoms with E-state index in [1.165, 1.54) is 11.1 Å². The predicted molar refractivity (Wildman–Crippen MR) is 55.1 cm³/mol. The van der Waals surface area contributed by atoms with Crippen LogP contribution in [0.5, 0.6) is 0 Å². The molecule has 0 amide bonds. The maximum absolute atomic E-state index is 5.77. The van der Waals surface area contributed by atoms with Crippen molar-refractivity contribution in [1.82, 2.24) is 4.98 Å². The van der Waals surface area contributed by atoms with Crippen molar-refractivity contribution in [3.8, 4) is 0 Å². The normalized spacial score (nSPS) is 14.7. The van der Waals surface area contributed by atoms with E-state index in [4.69, 9.17) is 5.73 Å². The van der Waals surface area contributed by atoms with Crippen LogP contribution in [0.2, 0.25) is 0 Å². The Bertz CT molecular complexity index is 389. The van der Waals surface area contributed by atoms with Gasteiger partial charge in [0.25, 0.3) is 0 Å². The molecular formula is C11H12N2. The Morgan fingerprint density at radius 3 is 3.08 bits per heavy atom. The van der Waals surface area contributed by atoms with Crippen molar-refractivity contribution in [2.45, 2.75) is 13.3 Å². The number of fused-ring (bicyclic) bond motifs is 1. The summed E-state index contributed by atoms with van der Waals surface area (Å²) in [6.07, 6.45) is 9.01. The first-order chi connectivity index (χ1) is 6.27. The maximum atomic E-state index is 5.77. The summed E-state index contributed by atoms with van der Waals surface area (Å²) in [6.45, 7) is 2.09. The Labute approximate surface area is 77.8 Å². The standard InChI is InChI=1S/C11H12N2/c1-8-2-4-9-6-7-13-11(12)10(9)5-3-8/h2-3,5-7H,4H2,1H3,(H2,12,13). The lowest BCUT2D eigenvalue weighted by molar-refractivity contribution is 1.20. The minimum atomic E-state index is 0.622. The van der Waals surface area contributed by atoms with Gasteiger partial charge in [-0.25, -0.2) is 4.98 Å². The largest absolute Gasteiger partial charge is 0.383 e. The molecule has 1 aromatic heterocycles. The van der Waals surface area contributed by atoms with Crippen LogP contribution in [0, 0.1) is 0 Å². The number of allylic oxidation sites excluding steroid dienone is 3. The SMILES string of the molecule is CC1=CCc2ccnc(N)c2C=C1. The van der Waals surface area contributed by atoms with Crippen molar-refractivity contribution in [2.24, 2.45) is 0 Å². The number of nitrogens with two attached hydrogens (primary N) is 1. The topological polar surface area (TPSA) is 38.9 Å². The molecule has 0 fully saturated rings. The Balaban J connectivity index is 2.55. The number of anilines is 1. The first-order valence-electron chi connectivity index (χ1n) is 4.35. The molecule has 2 nitrogen and oxygen atoms in total. The molecule has 2 heteroatoms. The zero-order chi connectivity index (χ0) is 9.26. The lowest BCUT2D eigenvalue weighted by Gasteiger charge is -2.03. The third-order valence-corrected chi connectivity index (χ3v) is 2.27. The highest BCUT2D eigenvalue weighted by molar-refractivity contribution is 5.67. The van der Waals surface area contributed by atoms with Crippen molar-refractivity contribution in [3.05, 3.63) is 41.1 Å². The summed E-state index contributed by atoms with van der Waals surface area (Å²) >= 11 is 0. The number of hydrogen-bond donors (Lipinski definition) is 1. The Kier molecular flexibility index (Phi) is 1.89. The summed E-state index contributed by atoms with van der Waals surface area (Å²) in [5, 5.41) is 0. The Morgan fingerprint density at radius 2 is 2.23 bits per heavy atom. The fourth-order valence-electron chi connectivity index (χ4n) is 1.46. The third kappa shape index (κ3) is 1.47. The molecule has 0 saturated heterocycles. The molecule has 1 aromatic rings. The summed E-state index contributed by atoms with van der Waals surface area (Å²) in [6, 6.07) is 2.02. The van der Waals surface area contributed by atoms with Gasteiger partial charge >= 0.3 is 0 Å². The average molecular weight is 172 g/mol. The van der Waals surface area contributed by atoms with E-state index in [0.29, 0.717) is 5.82 Å². The number of aromatic nitrogens is 1. The van der Waals surface area contributed by atoms with E-state index >= 15 is 0 Å². The second-order valence-corrected chi connectivity index (χ2v) is 3.25. The van der Waals surface area contributed by atoms with Gasteiger partial charge in [0.05, 0.1) is 0 Å².